The largest absolute Gasteiger partial charge is 0.492 e. The van der Waals surface area contributed by atoms with Crippen LogP contribution in [0.2, 0.25) is 5.02 Å². The Bertz CT molecular complexity index is 871. The first-order valence-corrected chi connectivity index (χ1v) is 12.4. The fourth-order valence-electron chi connectivity index (χ4n) is 4.77. The highest BCUT2D eigenvalue weighted by atomic mass is 35.5. The Balaban J connectivity index is 1.34. The Morgan fingerprint density at radius 2 is 1.59 bits per heavy atom. The van der Waals surface area contributed by atoms with Crippen molar-refractivity contribution >= 4 is 23.0 Å². The number of nitrogens with one attached hydrogen (secondary N) is 1. The molecular formula is C24H37ClN6O. The van der Waals surface area contributed by atoms with Gasteiger partial charge in [-0.05, 0) is 32.0 Å². The Kier molecular flexibility index (Phi) is 7.81. The Morgan fingerprint density at radius 3 is 2.25 bits per heavy atom. The molecule has 0 radical (unpaired) electrons. The van der Waals surface area contributed by atoms with Crippen LogP contribution < -0.4 is 14.5 Å². The molecule has 0 atom stereocenters. The van der Waals surface area contributed by atoms with Gasteiger partial charge in [0.2, 0.25) is 0 Å². The zero-order valence-electron chi connectivity index (χ0n) is 19.7. The second kappa shape index (κ2) is 10.8. The minimum Gasteiger partial charge on any atom is -0.492 e. The molecule has 0 spiro atoms. The van der Waals surface area contributed by atoms with E-state index in [1.807, 2.05) is 12.3 Å². The minimum absolute atomic E-state index is 0.695. The molecule has 1 N–H and O–H groups in total. The molecule has 0 saturated carbocycles. The van der Waals surface area contributed by atoms with Crippen LogP contribution in [-0.4, -0.2) is 92.1 Å². The van der Waals surface area contributed by atoms with Gasteiger partial charge in [-0.15, -0.1) is 0 Å². The van der Waals surface area contributed by atoms with Gasteiger partial charge in [-0.2, -0.15) is 5.10 Å². The summed E-state index contributed by atoms with van der Waals surface area (Å²) >= 11 is 6.50. The third kappa shape index (κ3) is 5.33. The Hall–Kier alpha value is -1.96. The number of piperazine rings is 2. The van der Waals surface area contributed by atoms with E-state index in [0.29, 0.717) is 6.61 Å². The number of anilines is 2. The first-order chi connectivity index (χ1) is 15.6. The molecule has 32 heavy (non-hydrogen) atoms. The third-order valence-electron chi connectivity index (χ3n) is 6.87. The molecule has 2 aliphatic heterocycles. The van der Waals surface area contributed by atoms with Crippen LogP contribution in [0.25, 0.3) is 0 Å². The molecule has 0 unspecified atom stereocenters. The first kappa shape index (κ1) is 23.2. The van der Waals surface area contributed by atoms with Gasteiger partial charge in [0.25, 0.3) is 0 Å². The second-order valence-corrected chi connectivity index (χ2v) is 9.15. The van der Waals surface area contributed by atoms with E-state index in [9.17, 15) is 0 Å². The fraction of sp³-hybridized carbons (Fsp3) is 0.625. The van der Waals surface area contributed by atoms with Crippen LogP contribution in [0.15, 0.2) is 18.3 Å². The maximum absolute atomic E-state index is 6.50. The lowest BCUT2D eigenvalue weighted by Crippen LogP contribution is -2.47. The van der Waals surface area contributed by atoms with Crippen molar-refractivity contribution in [1.29, 1.82) is 0 Å². The predicted octanol–water partition coefficient (Wildman–Crippen LogP) is 3.28. The van der Waals surface area contributed by atoms with Gasteiger partial charge in [0.1, 0.15) is 12.4 Å². The van der Waals surface area contributed by atoms with Gasteiger partial charge in [-0.25, -0.2) is 0 Å². The first-order valence-electron chi connectivity index (χ1n) is 12.0. The van der Waals surface area contributed by atoms with Crippen LogP contribution in [0, 0.1) is 6.92 Å². The highest BCUT2D eigenvalue weighted by molar-refractivity contribution is 6.31. The number of nitrogens with zero attached hydrogens (tertiary/aromatic N) is 5. The molecule has 2 aliphatic rings. The lowest BCUT2D eigenvalue weighted by Gasteiger charge is -2.38. The molecular weight excluding hydrogens is 424 g/mol. The average molecular weight is 461 g/mol. The summed E-state index contributed by atoms with van der Waals surface area (Å²) in [5.41, 5.74) is 4.74. The lowest BCUT2D eigenvalue weighted by atomic mass is 10.1. The SMILES string of the molecule is CCc1n[nH]cc1N1CCN(c2cc(Cl)cc(OCCN3CCN(CC)CC3)c2C)CC1. The molecule has 8 heteroatoms. The highest BCUT2D eigenvalue weighted by Gasteiger charge is 2.23. The molecule has 176 valence electrons. The van der Waals surface area contributed by atoms with E-state index in [2.05, 4.69) is 56.6 Å². The van der Waals surface area contributed by atoms with Gasteiger partial charge in [-0.3, -0.25) is 10.00 Å². The van der Waals surface area contributed by atoms with Gasteiger partial charge in [0.05, 0.1) is 11.4 Å². The summed E-state index contributed by atoms with van der Waals surface area (Å²) in [5, 5.41) is 8.13. The van der Waals surface area contributed by atoms with Crippen molar-refractivity contribution in [2.24, 2.45) is 0 Å². The van der Waals surface area contributed by atoms with Crippen molar-refractivity contribution in [2.45, 2.75) is 27.2 Å². The lowest BCUT2D eigenvalue weighted by molar-refractivity contribution is 0.120. The van der Waals surface area contributed by atoms with Crippen molar-refractivity contribution < 1.29 is 4.74 Å². The van der Waals surface area contributed by atoms with Crippen molar-refractivity contribution in [2.75, 3.05) is 81.9 Å². The number of benzene rings is 1. The summed E-state index contributed by atoms with van der Waals surface area (Å²) in [4.78, 5) is 9.85. The van der Waals surface area contributed by atoms with E-state index < -0.39 is 0 Å². The summed E-state index contributed by atoms with van der Waals surface area (Å²) in [6, 6.07) is 4.05. The number of aromatic nitrogens is 2. The summed E-state index contributed by atoms with van der Waals surface area (Å²) in [6.07, 6.45) is 2.97. The minimum atomic E-state index is 0.695. The molecule has 1 aromatic carbocycles. The van der Waals surface area contributed by atoms with Crippen LogP contribution >= 0.6 is 11.6 Å². The highest BCUT2D eigenvalue weighted by Crippen LogP contribution is 2.34. The van der Waals surface area contributed by atoms with E-state index in [1.165, 1.54) is 16.9 Å². The molecule has 0 aliphatic carbocycles. The smallest absolute Gasteiger partial charge is 0.125 e. The van der Waals surface area contributed by atoms with Crippen molar-refractivity contribution in [3.05, 3.63) is 34.6 Å². The van der Waals surface area contributed by atoms with Gasteiger partial charge in [0, 0.05) is 81.4 Å². The Morgan fingerprint density at radius 1 is 0.938 bits per heavy atom. The number of hydrogen-bond donors (Lipinski definition) is 1. The molecule has 4 rings (SSSR count). The molecule has 2 saturated heterocycles. The zero-order valence-corrected chi connectivity index (χ0v) is 20.5. The molecule has 0 bridgehead atoms. The summed E-state index contributed by atoms with van der Waals surface area (Å²) < 4.78 is 6.23. The van der Waals surface area contributed by atoms with E-state index in [-0.39, 0.29) is 0 Å². The Labute approximate surface area is 197 Å². The van der Waals surface area contributed by atoms with Gasteiger partial charge >= 0.3 is 0 Å². The molecule has 2 fully saturated rings. The summed E-state index contributed by atoms with van der Waals surface area (Å²) in [5.74, 6) is 0.908. The summed E-state index contributed by atoms with van der Waals surface area (Å²) in [7, 11) is 0. The van der Waals surface area contributed by atoms with E-state index in [1.54, 1.807) is 0 Å². The average Bonchev–Trinajstić information content (AvgIpc) is 3.30. The molecule has 0 amide bonds. The topological polar surface area (TPSA) is 50.9 Å². The predicted molar refractivity (Wildman–Crippen MR) is 133 cm³/mol. The number of halogens is 1. The van der Waals surface area contributed by atoms with Crippen molar-refractivity contribution in [1.82, 2.24) is 20.0 Å². The molecule has 7 nitrogen and oxygen atoms in total. The van der Waals surface area contributed by atoms with E-state index >= 15 is 0 Å². The molecule has 2 aromatic rings. The number of H-pyrrole nitrogens is 1. The van der Waals surface area contributed by atoms with Crippen LogP contribution in [0.4, 0.5) is 11.4 Å². The zero-order chi connectivity index (χ0) is 22.5. The monoisotopic (exact) mass is 460 g/mol. The second-order valence-electron chi connectivity index (χ2n) is 8.72. The van der Waals surface area contributed by atoms with Crippen LogP contribution in [-0.2, 0) is 6.42 Å². The number of rotatable bonds is 8. The van der Waals surface area contributed by atoms with E-state index in [4.69, 9.17) is 16.3 Å². The van der Waals surface area contributed by atoms with Crippen molar-refractivity contribution in [3.8, 4) is 5.75 Å². The van der Waals surface area contributed by atoms with Gasteiger partial charge in [-0.1, -0.05) is 25.4 Å². The standard InChI is InChI=1S/C24H37ClN6O/c1-4-21-23(18-26-27-21)31-12-10-30(11-13-31)22-16-20(25)17-24(19(22)3)32-15-14-29-8-6-28(5-2)7-9-29/h16-18H,4-15H2,1-3H3,(H,26,27). The van der Waals surface area contributed by atoms with Crippen molar-refractivity contribution in [3.63, 3.8) is 0 Å². The third-order valence-corrected chi connectivity index (χ3v) is 7.09. The van der Waals surface area contributed by atoms with Crippen LogP contribution in [0.1, 0.15) is 25.1 Å². The van der Waals surface area contributed by atoms with Crippen LogP contribution in [0.5, 0.6) is 5.75 Å². The maximum atomic E-state index is 6.50. The number of ether oxygens (including phenoxy) is 1. The number of aryl methyl sites for hydroxylation is 1. The van der Waals surface area contributed by atoms with Crippen LogP contribution in [0.3, 0.4) is 0 Å². The van der Waals surface area contributed by atoms with Gasteiger partial charge < -0.3 is 19.4 Å². The number of likely N-dealkylation sites (N-methyl/N-ethyl adjacent to an activating group) is 1. The number of aromatic amines is 1. The van der Waals surface area contributed by atoms with Gasteiger partial charge in [0.15, 0.2) is 0 Å². The van der Waals surface area contributed by atoms with E-state index in [0.717, 1.165) is 88.3 Å². The maximum Gasteiger partial charge on any atom is 0.125 e. The number of hydrogen-bond acceptors (Lipinski definition) is 6. The fourth-order valence-corrected chi connectivity index (χ4v) is 4.97. The molecule has 3 heterocycles. The quantitative estimate of drug-likeness (QED) is 0.652. The molecule has 1 aromatic heterocycles. The normalized spacial score (nSPS) is 18.4. The summed E-state index contributed by atoms with van der Waals surface area (Å²) in [6.45, 7) is 17.7.